The van der Waals surface area contributed by atoms with Gasteiger partial charge in [0.15, 0.2) is 5.82 Å². The lowest BCUT2D eigenvalue weighted by molar-refractivity contribution is 0.171. The van der Waals surface area contributed by atoms with Crippen molar-refractivity contribution < 1.29 is 9.13 Å². The lowest BCUT2D eigenvalue weighted by Gasteiger charge is -2.40. The van der Waals surface area contributed by atoms with Gasteiger partial charge in [-0.25, -0.2) is 9.07 Å². The van der Waals surface area contributed by atoms with Crippen molar-refractivity contribution in [3.63, 3.8) is 0 Å². The fourth-order valence-electron chi connectivity index (χ4n) is 4.46. The first-order valence-electron chi connectivity index (χ1n) is 11.1. The molecule has 1 aliphatic rings. The number of nitrogens with zero attached hydrogens (tertiary/aromatic N) is 7. The van der Waals surface area contributed by atoms with Crippen molar-refractivity contribution in [1.29, 1.82) is 0 Å². The third kappa shape index (κ3) is 4.42. The van der Waals surface area contributed by atoms with Crippen LogP contribution in [0.4, 0.5) is 10.1 Å². The minimum Gasteiger partial charge on any atom is -0.383 e. The number of anilines is 1. The van der Waals surface area contributed by atoms with Gasteiger partial charge >= 0.3 is 0 Å². The van der Waals surface area contributed by atoms with Crippen LogP contribution in [0, 0.1) is 5.82 Å². The van der Waals surface area contributed by atoms with Crippen LogP contribution in [0.1, 0.15) is 17.4 Å². The Balaban J connectivity index is 1.47. The van der Waals surface area contributed by atoms with Crippen molar-refractivity contribution in [3.8, 4) is 0 Å². The fourth-order valence-corrected chi connectivity index (χ4v) is 4.46. The van der Waals surface area contributed by atoms with E-state index in [0.717, 1.165) is 35.4 Å². The summed E-state index contributed by atoms with van der Waals surface area (Å²) in [4.78, 5) is 8.91. The van der Waals surface area contributed by atoms with Crippen LogP contribution in [0.25, 0.3) is 10.9 Å². The molecule has 4 aromatic rings. The summed E-state index contributed by atoms with van der Waals surface area (Å²) < 4.78 is 21.4. The number of rotatable bonds is 7. The second-order valence-electron chi connectivity index (χ2n) is 8.09. The molecule has 1 aliphatic heterocycles. The average molecular weight is 448 g/mol. The molecule has 3 heterocycles. The van der Waals surface area contributed by atoms with E-state index in [9.17, 15) is 4.39 Å². The number of hydrogen-bond donors (Lipinski definition) is 0. The summed E-state index contributed by atoms with van der Waals surface area (Å²) in [5, 5.41) is 13.6. The third-order valence-electron chi connectivity index (χ3n) is 6.13. The molecule has 0 unspecified atom stereocenters. The standard InChI is InChI=1S/C24H26FN7O/c1-33-16-15-32-24(27-28-29-32)23(19-8-9-21-18(17-19)5-4-10-26-21)31-13-11-30(12-14-31)22-7-3-2-6-20(22)25/h2-10,17,23H,11-16H2,1H3/t23-/m0/s1. The van der Waals surface area contributed by atoms with Crippen LogP contribution in [-0.2, 0) is 11.3 Å². The van der Waals surface area contributed by atoms with Crippen LogP contribution in [0.5, 0.6) is 0 Å². The molecule has 2 aromatic carbocycles. The average Bonchev–Trinajstić information content (AvgIpc) is 3.31. The number of benzene rings is 2. The zero-order chi connectivity index (χ0) is 22.6. The molecule has 0 N–H and O–H groups in total. The van der Waals surface area contributed by atoms with Crippen molar-refractivity contribution in [2.45, 2.75) is 12.6 Å². The van der Waals surface area contributed by atoms with Gasteiger partial charge in [0.25, 0.3) is 0 Å². The molecular weight excluding hydrogens is 421 g/mol. The highest BCUT2D eigenvalue weighted by Crippen LogP contribution is 2.31. The smallest absolute Gasteiger partial charge is 0.173 e. The van der Waals surface area contributed by atoms with Crippen LogP contribution >= 0.6 is 0 Å². The van der Waals surface area contributed by atoms with E-state index in [0.29, 0.717) is 31.9 Å². The second-order valence-corrected chi connectivity index (χ2v) is 8.09. The summed E-state index contributed by atoms with van der Waals surface area (Å²) in [5.74, 6) is 0.586. The number of para-hydroxylation sites is 1. The molecule has 0 radical (unpaired) electrons. The molecule has 170 valence electrons. The topological polar surface area (TPSA) is 72.2 Å². The fraction of sp³-hybridized carbons (Fsp3) is 0.333. The van der Waals surface area contributed by atoms with E-state index in [4.69, 9.17) is 4.74 Å². The third-order valence-corrected chi connectivity index (χ3v) is 6.13. The van der Waals surface area contributed by atoms with Gasteiger partial charge in [-0.15, -0.1) is 5.10 Å². The molecule has 1 atom stereocenters. The Morgan fingerprint density at radius 1 is 1.03 bits per heavy atom. The summed E-state index contributed by atoms with van der Waals surface area (Å²) in [6, 6.07) is 17.1. The molecule has 2 aromatic heterocycles. The van der Waals surface area contributed by atoms with Crippen LogP contribution in [0.15, 0.2) is 60.8 Å². The van der Waals surface area contributed by atoms with Gasteiger partial charge < -0.3 is 9.64 Å². The van der Waals surface area contributed by atoms with Crippen molar-refractivity contribution in [3.05, 3.63) is 78.0 Å². The summed E-state index contributed by atoms with van der Waals surface area (Å²) in [6.07, 6.45) is 1.80. The van der Waals surface area contributed by atoms with E-state index in [1.165, 1.54) is 6.07 Å². The van der Waals surface area contributed by atoms with Crippen LogP contribution in [0.3, 0.4) is 0 Å². The lowest BCUT2D eigenvalue weighted by Crippen LogP contribution is -2.48. The molecule has 9 heteroatoms. The number of hydrogen-bond acceptors (Lipinski definition) is 7. The Kier molecular flexibility index (Phi) is 6.23. The Morgan fingerprint density at radius 3 is 2.70 bits per heavy atom. The van der Waals surface area contributed by atoms with Gasteiger partial charge in [0.1, 0.15) is 5.82 Å². The number of ether oxygens (including phenoxy) is 1. The number of pyridine rings is 1. The molecule has 8 nitrogen and oxygen atoms in total. The Hall–Kier alpha value is -3.43. The maximum atomic E-state index is 14.3. The van der Waals surface area contributed by atoms with Gasteiger partial charge in [-0.1, -0.05) is 24.3 Å². The van der Waals surface area contributed by atoms with Gasteiger partial charge in [0.2, 0.25) is 0 Å². The number of halogens is 1. The first-order valence-corrected chi connectivity index (χ1v) is 11.1. The highest BCUT2D eigenvalue weighted by molar-refractivity contribution is 5.79. The molecule has 1 fully saturated rings. The second kappa shape index (κ2) is 9.60. The van der Waals surface area contributed by atoms with Crippen LogP contribution in [0.2, 0.25) is 0 Å². The minimum absolute atomic E-state index is 0.135. The normalized spacial score (nSPS) is 15.8. The quantitative estimate of drug-likeness (QED) is 0.431. The SMILES string of the molecule is COCCn1nnnc1[C@H](c1ccc2ncccc2c1)N1CCN(c2ccccc2F)CC1. The van der Waals surface area contributed by atoms with Crippen molar-refractivity contribution >= 4 is 16.6 Å². The van der Waals surface area contributed by atoms with Crippen molar-refractivity contribution in [1.82, 2.24) is 30.1 Å². The zero-order valence-corrected chi connectivity index (χ0v) is 18.5. The lowest BCUT2D eigenvalue weighted by atomic mass is 10.0. The maximum absolute atomic E-state index is 14.3. The molecule has 0 saturated carbocycles. The van der Waals surface area contributed by atoms with E-state index in [-0.39, 0.29) is 11.9 Å². The molecular formula is C24H26FN7O. The van der Waals surface area contributed by atoms with Crippen molar-refractivity contribution in [2.75, 3.05) is 44.8 Å². The Morgan fingerprint density at radius 2 is 1.88 bits per heavy atom. The predicted molar refractivity (Wildman–Crippen MR) is 123 cm³/mol. The first-order chi connectivity index (χ1) is 16.2. The van der Waals surface area contributed by atoms with Gasteiger partial charge in [0.05, 0.1) is 30.4 Å². The number of fused-ring (bicyclic) bond motifs is 1. The minimum atomic E-state index is -0.187. The number of methoxy groups -OCH3 is 1. The summed E-state index contributed by atoms with van der Waals surface area (Å²) in [5.41, 5.74) is 2.70. The van der Waals surface area contributed by atoms with E-state index < -0.39 is 0 Å². The Bertz CT molecular complexity index is 1220. The van der Waals surface area contributed by atoms with Gasteiger partial charge in [-0.05, 0) is 46.3 Å². The maximum Gasteiger partial charge on any atom is 0.173 e. The van der Waals surface area contributed by atoms with Crippen LogP contribution in [-0.4, -0.2) is 70.0 Å². The largest absolute Gasteiger partial charge is 0.383 e. The molecule has 5 rings (SSSR count). The number of piperazine rings is 1. The monoisotopic (exact) mass is 447 g/mol. The Labute approximate surface area is 191 Å². The summed E-state index contributed by atoms with van der Waals surface area (Å²) >= 11 is 0. The zero-order valence-electron chi connectivity index (χ0n) is 18.5. The van der Waals surface area contributed by atoms with E-state index in [1.807, 2.05) is 28.9 Å². The van der Waals surface area contributed by atoms with E-state index in [2.05, 4.69) is 48.5 Å². The summed E-state index contributed by atoms with van der Waals surface area (Å²) in [7, 11) is 1.67. The van der Waals surface area contributed by atoms with E-state index in [1.54, 1.807) is 19.4 Å². The van der Waals surface area contributed by atoms with Gasteiger partial charge in [-0.2, -0.15) is 0 Å². The highest BCUT2D eigenvalue weighted by atomic mass is 19.1. The summed E-state index contributed by atoms with van der Waals surface area (Å²) in [6.45, 7) is 4.02. The van der Waals surface area contributed by atoms with Gasteiger partial charge in [-0.3, -0.25) is 9.88 Å². The first kappa shape index (κ1) is 21.4. The number of aromatic nitrogens is 5. The highest BCUT2D eigenvalue weighted by Gasteiger charge is 2.31. The van der Waals surface area contributed by atoms with Gasteiger partial charge in [0, 0.05) is 44.9 Å². The van der Waals surface area contributed by atoms with Crippen LogP contribution < -0.4 is 4.90 Å². The van der Waals surface area contributed by atoms with E-state index >= 15 is 0 Å². The molecule has 0 aliphatic carbocycles. The molecule has 0 amide bonds. The molecule has 0 spiro atoms. The molecule has 1 saturated heterocycles. The molecule has 0 bridgehead atoms. The van der Waals surface area contributed by atoms with Crippen molar-refractivity contribution in [2.24, 2.45) is 0 Å². The predicted octanol–water partition coefficient (Wildman–Crippen LogP) is 2.92. The number of tetrazole rings is 1. The molecule has 33 heavy (non-hydrogen) atoms.